The van der Waals surface area contributed by atoms with Crippen LogP contribution in [0.5, 0.6) is 0 Å². The third kappa shape index (κ3) is 5.05. The number of amides is 3. The number of hydrogen-bond donors (Lipinski definition) is 3. The lowest BCUT2D eigenvalue weighted by atomic mass is 10.4. The molecule has 0 radical (unpaired) electrons. The maximum atomic E-state index is 11.5. The Morgan fingerprint density at radius 2 is 2.28 bits per heavy atom. The van der Waals surface area contributed by atoms with Crippen molar-refractivity contribution in [2.45, 2.75) is 18.2 Å². The van der Waals surface area contributed by atoms with Crippen molar-refractivity contribution in [2.75, 3.05) is 18.0 Å². The van der Waals surface area contributed by atoms with Crippen molar-refractivity contribution in [1.82, 2.24) is 15.6 Å². The van der Waals surface area contributed by atoms with E-state index < -0.39 is 6.03 Å². The van der Waals surface area contributed by atoms with E-state index >= 15 is 0 Å². The fourth-order valence-electron chi connectivity index (χ4n) is 1.11. The molecule has 1 rings (SSSR count). The van der Waals surface area contributed by atoms with E-state index in [-0.39, 0.29) is 11.7 Å². The molecule has 0 unspecified atom stereocenters. The number of nitrogen functional groups attached to an aromatic ring is 1. The number of nitrogens with zero attached hydrogens (tertiary/aromatic N) is 1. The van der Waals surface area contributed by atoms with Gasteiger partial charge in [0.2, 0.25) is 5.91 Å². The second kappa shape index (κ2) is 7.54. The molecule has 0 atom stereocenters. The van der Waals surface area contributed by atoms with E-state index in [1.807, 2.05) is 6.92 Å². The van der Waals surface area contributed by atoms with E-state index in [0.717, 1.165) is 11.3 Å². The first-order chi connectivity index (χ1) is 8.63. The molecule has 1 heterocycles. The zero-order valence-corrected chi connectivity index (χ0v) is 10.9. The Kier molecular flexibility index (Phi) is 5.99. The van der Waals surface area contributed by atoms with Crippen molar-refractivity contribution in [3.05, 3.63) is 18.5 Å². The molecule has 0 bridgehead atoms. The van der Waals surface area contributed by atoms with Gasteiger partial charge in [-0.3, -0.25) is 15.1 Å². The molecule has 0 fully saturated rings. The van der Waals surface area contributed by atoms with Crippen LogP contribution in [0, 0.1) is 0 Å². The SMILES string of the molecule is CCCNC(=O)NC(=O)CSc1ccncc1N. The summed E-state index contributed by atoms with van der Waals surface area (Å²) in [4.78, 5) is 27.3. The van der Waals surface area contributed by atoms with Gasteiger partial charge in [-0.2, -0.15) is 0 Å². The van der Waals surface area contributed by atoms with Crippen molar-refractivity contribution in [1.29, 1.82) is 0 Å². The van der Waals surface area contributed by atoms with Crippen molar-refractivity contribution >= 4 is 29.4 Å². The van der Waals surface area contributed by atoms with Crippen LogP contribution in [0.15, 0.2) is 23.4 Å². The first-order valence-corrected chi connectivity index (χ1v) is 6.52. The predicted octanol–water partition coefficient (Wildman–Crippen LogP) is 0.992. The Morgan fingerprint density at radius 1 is 1.50 bits per heavy atom. The van der Waals surface area contributed by atoms with E-state index in [9.17, 15) is 9.59 Å². The molecule has 0 aliphatic carbocycles. The first-order valence-electron chi connectivity index (χ1n) is 5.53. The number of hydrogen-bond acceptors (Lipinski definition) is 5. The van der Waals surface area contributed by atoms with Gasteiger partial charge in [-0.1, -0.05) is 6.92 Å². The lowest BCUT2D eigenvalue weighted by Crippen LogP contribution is -2.40. The van der Waals surface area contributed by atoms with Crippen LogP contribution in [-0.2, 0) is 4.79 Å². The van der Waals surface area contributed by atoms with Crippen molar-refractivity contribution in [2.24, 2.45) is 0 Å². The largest absolute Gasteiger partial charge is 0.397 e. The highest BCUT2D eigenvalue weighted by Crippen LogP contribution is 2.22. The number of nitrogens with one attached hydrogen (secondary N) is 2. The fraction of sp³-hybridized carbons (Fsp3) is 0.364. The molecule has 7 heteroatoms. The zero-order valence-electron chi connectivity index (χ0n) is 10.1. The van der Waals surface area contributed by atoms with Crippen LogP contribution in [0.1, 0.15) is 13.3 Å². The minimum absolute atomic E-state index is 0.133. The van der Waals surface area contributed by atoms with Gasteiger partial charge < -0.3 is 11.1 Å². The number of rotatable bonds is 5. The average molecular weight is 268 g/mol. The van der Waals surface area contributed by atoms with Crippen molar-refractivity contribution < 1.29 is 9.59 Å². The highest BCUT2D eigenvalue weighted by molar-refractivity contribution is 8.00. The van der Waals surface area contributed by atoms with Crippen molar-refractivity contribution in [3.63, 3.8) is 0 Å². The molecular weight excluding hydrogens is 252 g/mol. The Morgan fingerprint density at radius 3 is 2.94 bits per heavy atom. The Bertz CT molecular complexity index is 425. The highest BCUT2D eigenvalue weighted by Gasteiger charge is 2.08. The molecule has 0 aliphatic heterocycles. The van der Waals surface area contributed by atoms with E-state index in [1.54, 1.807) is 12.3 Å². The molecule has 4 N–H and O–H groups in total. The lowest BCUT2D eigenvalue weighted by molar-refractivity contribution is -0.117. The number of carbonyl (C=O) groups is 2. The van der Waals surface area contributed by atoms with Crippen molar-refractivity contribution in [3.8, 4) is 0 Å². The van der Waals surface area contributed by atoms with Gasteiger partial charge in [-0.05, 0) is 12.5 Å². The molecule has 0 spiro atoms. The Balaban J connectivity index is 2.33. The molecule has 6 nitrogen and oxygen atoms in total. The minimum Gasteiger partial charge on any atom is -0.397 e. The summed E-state index contributed by atoms with van der Waals surface area (Å²) >= 11 is 1.26. The van der Waals surface area contributed by atoms with Gasteiger partial charge in [-0.15, -0.1) is 11.8 Å². The molecule has 0 saturated heterocycles. The quantitative estimate of drug-likeness (QED) is 0.692. The van der Waals surface area contributed by atoms with Crippen LogP contribution < -0.4 is 16.4 Å². The Labute approximate surface area is 110 Å². The van der Waals surface area contributed by atoms with Crippen LogP contribution >= 0.6 is 11.8 Å². The number of pyridine rings is 1. The molecule has 0 aromatic carbocycles. The summed E-state index contributed by atoms with van der Waals surface area (Å²) in [5.74, 6) is -0.224. The normalized spacial score (nSPS) is 9.83. The number of anilines is 1. The Hall–Kier alpha value is -1.76. The smallest absolute Gasteiger partial charge is 0.321 e. The summed E-state index contributed by atoms with van der Waals surface area (Å²) in [5.41, 5.74) is 6.20. The predicted molar refractivity (Wildman–Crippen MR) is 71.2 cm³/mol. The summed E-state index contributed by atoms with van der Waals surface area (Å²) in [6.07, 6.45) is 3.95. The second-order valence-corrected chi connectivity index (χ2v) is 4.52. The highest BCUT2D eigenvalue weighted by atomic mass is 32.2. The molecule has 0 aliphatic rings. The van der Waals surface area contributed by atoms with Gasteiger partial charge in [0, 0.05) is 17.6 Å². The van der Waals surface area contributed by atoms with Crippen LogP contribution in [-0.4, -0.2) is 29.2 Å². The second-order valence-electron chi connectivity index (χ2n) is 3.51. The number of carbonyl (C=O) groups excluding carboxylic acids is 2. The van der Waals surface area contributed by atoms with Gasteiger partial charge in [0.1, 0.15) is 0 Å². The van der Waals surface area contributed by atoms with E-state index in [1.165, 1.54) is 18.0 Å². The molecule has 98 valence electrons. The molecule has 1 aromatic heterocycles. The number of imide groups is 1. The average Bonchev–Trinajstić information content (AvgIpc) is 2.35. The van der Waals surface area contributed by atoms with Gasteiger partial charge in [0.15, 0.2) is 0 Å². The van der Waals surface area contributed by atoms with Gasteiger partial charge in [0.25, 0.3) is 0 Å². The first kappa shape index (κ1) is 14.3. The number of aromatic nitrogens is 1. The van der Waals surface area contributed by atoms with E-state index in [0.29, 0.717) is 12.2 Å². The molecule has 18 heavy (non-hydrogen) atoms. The van der Waals surface area contributed by atoms with Gasteiger partial charge >= 0.3 is 6.03 Å². The van der Waals surface area contributed by atoms with Crippen LogP contribution in [0.3, 0.4) is 0 Å². The monoisotopic (exact) mass is 268 g/mol. The summed E-state index contributed by atoms with van der Waals surface area (Å²) in [6.45, 7) is 2.48. The lowest BCUT2D eigenvalue weighted by Gasteiger charge is -2.06. The van der Waals surface area contributed by atoms with E-state index in [2.05, 4.69) is 15.6 Å². The maximum absolute atomic E-state index is 11.5. The van der Waals surface area contributed by atoms with Crippen LogP contribution in [0.4, 0.5) is 10.5 Å². The molecule has 3 amide bonds. The topological polar surface area (TPSA) is 97.1 Å². The molecule has 0 saturated carbocycles. The molecular formula is C11H16N4O2S. The maximum Gasteiger partial charge on any atom is 0.321 e. The van der Waals surface area contributed by atoms with Gasteiger partial charge in [0.05, 0.1) is 17.6 Å². The molecule has 1 aromatic rings. The van der Waals surface area contributed by atoms with Crippen LogP contribution in [0.2, 0.25) is 0 Å². The minimum atomic E-state index is -0.467. The van der Waals surface area contributed by atoms with Gasteiger partial charge in [-0.25, -0.2) is 4.79 Å². The number of urea groups is 1. The zero-order chi connectivity index (χ0) is 13.4. The summed E-state index contributed by atoms with van der Waals surface area (Å²) in [7, 11) is 0. The summed E-state index contributed by atoms with van der Waals surface area (Å²) < 4.78 is 0. The summed E-state index contributed by atoms with van der Waals surface area (Å²) in [6, 6.07) is 1.26. The van der Waals surface area contributed by atoms with E-state index in [4.69, 9.17) is 5.73 Å². The third-order valence-corrected chi connectivity index (χ3v) is 3.05. The number of thioether (sulfide) groups is 1. The standard InChI is InChI=1S/C11H16N4O2S/c1-2-4-14-11(17)15-10(16)7-18-9-3-5-13-6-8(9)12/h3,5-6H,2,4,7,12H2,1H3,(H2,14,15,16,17). The third-order valence-electron chi connectivity index (χ3n) is 1.96. The van der Waals surface area contributed by atoms with Crippen LogP contribution in [0.25, 0.3) is 0 Å². The number of nitrogens with two attached hydrogens (primary N) is 1. The fourth-order valence-corrected chi connectivity index (χ4v) is 1.85. The summed E-state index contributed by atoms with van der Waals surface area (Å²) in [5, 5.41) is 4.80.